The van der Waals surface area contributed by atoms with Gasteiger partial charge in [-0.1, -0.05) is 25.4 Å². The summed E-state index contributed by atoms with van der Waals surface area (Å²) in [5.74, 6) is -0.365. The fraction of sp³-hybridized carbons (Fsp3) is 0.556. The lowest BCUT2D eigenvalue weighted by atomic mass is 10.2. The molecule has 1 unspecified atom stereocenters. The average molecular weight is 461 g/mol. The fourth-order valence-corrected chi connectivity index (χ4v) is 6.28. The minimum Gasteiger partial charge on any atom is -0.340 e. The Morgan fingerprint density at radius 2 is 1.90 bits per heavy atom. The summed E-state index contributed by atoms with van der Waals surface area (Å²) in [5, 5.41) is 2.82. The number of carbonyl (C=O) groups excluding carboxylic acids is 2. The predicted octanol–water partition coefficient (Wildman–Crippen LogP) is 1.87. The minimum atomic E-state index is -3.50. The number of anilines is 1. The molecule has 160 valence electrons. The molecular formula is C18H25ClN4O4S2. The number of amides is 2. The van der Waals surface area contributed by atoms with Crippen LogP contribution in [0.2, 0.25) is 5.02 Å². The zero-order valence-electron chi connectivity index (χ0n) is 16.4. The van der Waals surface area contributed by atoms with Crippen molar-refractivity contribution in [1.82, 2.24) is 13.5 Å². The summed E-state index contributed by atoms with van der Waals surface area (Å²) in [5.41, 5.74) is 0.659. The number of rotatable bonds is 6. The van der Waals surface area contributed by atoms with Crippen molar-refractivity contribution in [2.24, 2.45) is 0 Å². The molecule has 11 heteroatoms. The Bertz CT molecular complexity index is 884. The van der Waals surface area contributed by atoms with E-state index in [1.54, 1.807) is 30.9 Å². The molecule has 1 saturated heterocycles. The van der Waals surface area contributed by atoms with Crippen LogP contribution in [0.15, 0.2) is 23.1 Å². The van der Waals surface area contributed by atoms with E-state index in [-0.39, 0.29) is 31.3 Å². The van der Waals surface area contributed by atoms with Gasteiger partial charge >= 0.3 is 0 Å². The molecule has 2 heterocycles. The molecule has 0 spiro atoms. The molecule has 0 aliphatic carbocycles. The van der Waals surface area contributed by atoms with E-state index in [1.165, 1.54) is 20.4 Å². The van der Waals surface area contributed by atoms with E-state index >= 15 is 0 Å². The molecule has 0 radical (unpaired) electrons. The van der Waals surface area contributed by atoms with E-state index in [0.29, 0.717) is 36.9 Å². The van der Waals surface area contributed by atoms with E-state index in [9.17, 15) is 18.0 Å². The van der Waals surface area contributed by atoms with Gasteiger partial charge in [0, 0.05) is 55.6 Å². The average Bonchev–Trinajstić information content (AvgIpc) is 2.69. The monoisotopic (exact) mass is 460 g/mol. The third kappa shape index (κ3) is 4.88. The molecule has 0 saturated carbocycles. The summed E-state index contributed by atoms with van der Waals surface area (Å²) >= 11 is 7.31. The first-order valence-corrected chi connectivity index (χ1v) is 12.2. The zero-order valence-corrected chi connectivity index (χ0v) is 18.8. The second-order valence-electron chi connectivity index (χ2n) is 6.81. The highest BCUT2D eigenvalue weighted by Crippen LogP contribution is 2.38. The van der Waals surface area contributed by atoms with E-state index in [2.05, 4.69) is 5.32 Å². The van der Waals surface area contributed by atoms with Crippen LogP contribution >= 0.6 is 23.4 Å². The van der Waals surface area contributed by atoms with Crippen LogP contribution in [0, 0.1) is 0 Å². The summed E-state index contributed by atoms with van der Waals surface area (Å²) in [6, 6.07) is 5.27. The predicted molar refractivity (Wildman–Crippen MR) is 114 cm³/mol. The number of hydrogen-bond donors (Lipinski definition) is 1. The van der Waals surface area contributed by atoms with Gasteiger partial charge in [-0.25, -0.2) is 0 Å². The van der Waals surface area contributed by atoms with Gasteiger partial charge in [0.25, 0.3) is 10.2 Å². The third-order valence-electron chi connectivity index (χ3n) is 5.07. The summed E-state index contributed by atoms with van der Waals surface area (Å²) in [7, 11) is -3.50. The molecule has 1 atom stereocenters. The van der Waals surface area contributed by atoms with Crippen molar-refractivity contribution >= 4 is 51.1 Å². The van der Waals surface area contributed by atoms with Crippen LogP contribution in [0.1, 0.15) is 20.3 Å². The standard InChI is InChI=1S/C18H25ClN4O4S2/c1-3-22(4-2)29(26,27)23-9-7-21(8-10-23)17(24)12-16-18(25)20-14-11-13(19)5-6-15(14)28-16/h5-6,11,16H,3-4,7-10,12H2,1-2H3,(H,20,25). The number of halogens is 1. The molecule has 3 rings (SSSR count). The number of nitrogens with one attached hydrogen (secondary N) is 1. The van der Waals surface area contributed by atoms with Crippen molar-refractivity contribution in [3.05, 3.63) is 23.2 Å². The Hall–Kier alpha value is -1.33. The Balaban J connectivity index is 1.58. The number of fused-ring (bicyclic) bond motifs is 1. The van der Waals surface area contributed by atoms with Crippen molar-refractivity contribution in [2.75, 3.05) is 44.6 Å². The van der Waals surface area contributed by atoms with Crippen molar-refractivity contribution in [3.63, 3.8) is 0 Å². The molecule has 2 amide bonds. The molecule has 1 aromatic rings. The second-order valence-corrected chi connectivity index (χ2v) is 10.4. The van der Waals surface area contributed by atoms with Gasteiger partial charge in [0.1, 0.15) is 0 Å². The van der Waals surface area contributed by atoms with Crippen LogP contribution in [0.25, 0.3) is 0 Å². The minimum absolute atomic E-state index is 0.0708. The molecule has 1 fully saturated rings. The Morgan fingerprint density at radius 1 is 1.24 bits per heavy atom. The lowest BCUT2D eigenvalue weighted by Gasteiger charge is -2.36. The van der Waals surface area contributed by atoms with E-state index < -0.39 is 15.5 Å². The van der Waals surface area contributed by atoms with Crippen LogP contribution < -0.4 is 5.32 Å². The van der Waals surface area contributed by atoms with Crippen LogP contribution in [0.4, 0.5) is 5.69 Å². The van der Waals surface area contributed by atoms with Gasteiger partial charge in [-0.3, -0.25) is 9.59 Å². The molecule has 8 nitrogen and oxygen atoms in total. The maximum Gasteiger partial charge on any atom is 0.282 e. The SMILES string of the molecule is CCN(CC)S(=O)(=O)N1CCN(C(=O)CC2Sc3ccc(Cl)cc3NC2=O)CC1. The smallest absolute Gasteiger partial charge is 0.282 e. The summed E-state index contributed by atoms with van der Waals surface area (Å²) in [6.07, 6.45) is 0.0708. The van der Waals surface area contributed by atoms with Gasteiger partial charge in [0.2, 0.25) is 11.8 Å². The molecule has 2 aliphatic rings. The molecule has 29 heavy (non-hydrogen) atoms. The maximum atomic E-state index is 12.7. The van der Waals surface area contributed by atoms with Crippen LogP contribution in [-0.4, -0.2) is 78.3 Å². The lowest BCUT2D eigenvalue weighted by molar-refractivity contribution is -0.133. The normalized spacial score (nSPS) is 20.5. The lowest BCUT2D eigenvalue weighted by Crippen LogP contribution is -2.54. The Labute approximate surface area is 180 Å². The number of hydrogen-bond acceptors (Lipinski definition) is 5. The highest BCUT2D eigenvalue weighted by atomic mass is 35.5. The van der Waals surface area contributed by atoms with E-state index in [0.717, 1.165) is 4.90 Å². The molecule has 0 aromatic heterocycles. The number of nitrogens with zero attached hydrogens (tertiary/aromatic N) is 3. The summed E-state index contributed by atoms with van der Waals surface area (Å²) < 4.78 is 28.1. The largest absolute Gasteiger partial charge is 0.340 e. The first kappa shape index (κ1) is 22.4. The van der Waals surface area contributed by atoms with Crippen molar-refractivity contribution < 1.29 is 18.0 Å². The van der Waals surface area contributed by atoms with Crippen LogP contribution in [0.5, 0.6) is 0 Å². The first-order valence-electron chi connectivity index (χ1n) is 9.56. The van der Waals surface area contributed by atoms with Crippen LogP contribution in [-0.2, 0) is 19.8 Å². The van der Waals surface area contributed by atoms with Crippen molar-refractivity contribution in [1.29, 1.82) is 0 Å². The summed E-state index contributed by atoms with van der Waals surface area (Å²) in [4.78, 5) is 27.6. The molecule has 1 aromatic carbocycles. The number of carbonyl (C=O) groups is 2. The highest BCUT2D eigenvalue weighted by Gasteiger charge is 2.34. The number of thioether (sulfide) groups is 1. The second kappa shape index (κ2) is 9.22. The number of benzene rings is 1. The van der Waals surface area contributed by atoms with Gasteiger partial charge in [0.05, 0.1) is 10.9 Å². The van der Waals surface area contributed by atoms with Crippen molar-refractivity contribution in [3.8, 4) is 0 Å². The molecular weight excluding hydrogens is 436 g/mol. The van der Waals surface area contributed by atoms with Gasteiger partial charge in [-0.2, -0.15) is 17.0 Å². The highest BCUT2D eigenvalue weighted by molar-refractivity contribution is 8.01. The van der Waals surface area contributed by atoms with Crippen LogP contribution in [0.3, 0.4) is 0 Å². The van der Waals surface area contributed by atoms with E-state index in [4.69, 9.17) is 11.6 Å². The summed E-state index contributed by atoms with van der Waals surface area (Å²) in [6.45, 7) is 5.61. The van der Waals surface area contributed by atoms with Gasteiger partial charge in [0.15, 0.2) is 0 Å². The molecule has 1 N–H and O–H groups in total. The Kier molecular flexibility index (Phi) is 7.10. The quantitative estimate of drug-likeness (QED) is 0.700. The zero-order chi connectivity index (χ0) is 21.2. The van der Waals surface area contributed by atoms with Gasteiger partial charge in [-0.15, -0.1) is 11.8 Å². The maximum absolute atomic E-state index is 12.7. The molecule has 0 bridgehead atoms. The fourth-order valence-electron chi connectivity index (χ4n) is 3.43. The third-order valence-corrected chi connectivity index (χ3v) is 8.77. The van der Waals surface area contributed by atoms with Crippen molar-refractivity contribution in [2.45, 2.75) is 30.4 Å². The topological polar surface area (TPSA) is 90.0 Å². The number of piperazine rings is 1. The first-order chi connectivity index (χ1) is 13.8. The Morgan fingerprint density at radius 3 is 2.52 bits per heavy atom. The van der Waals surface area contributed by atoms with Gasteiger partial charge in [-0.05, 0) is 18.2 Å². The van der Waals surface area contributed by atoms with E-state index in [1.807, 2.05) is 6.07 Å². The molecule has 2 aliphatic heterocycles. The van der Waals surface area contributed by atoms with Gasteiger partial charge < -0.3 is 10.2 Å².